The first-order valence-electron chi connectivity index (χ1n) is 7.37. The van der Waals surface area contributed by atoms with Crippen molar-refractivity contribution < 1.29 is 0 Å². The molecule has 0 saturated carbocycles. The second-order valence-corrected chi connectivity index (χ2v) is 6.56. The molecule has 2 N–H and O–H groups in total. The van der Waals surface area contributed by atoms with Crippen LogP contribution in [-0.2, 0) is 6.42 Å². The van der Waals surface area contributed by atoms with Gasteiger partial charge in [-0.1, -0.05) is 34.1 Å². The van der Waals surface area contributed by atoms with Crippen molar-refractivity contribution in [3.8, 4) is 0 Å². The highest BCUT2D eigenvalue weighted by Gasteiger charge is 2.22. The van der Waals surface area contributed by atoms with E-state index in [2.05, 4.69) is 51.4 Å². The molecule has 0 bridgehead atoms. The van der Waals surface area contributed by atoms with E-state index in [4.69, 9.17) is 0 Å². The van der Waals surface area contributed by atoms with Gasteiger partial charge in [0, 0.05) is 28.3 Å². The Morgan fingerprint density at radius 2 is 2.19 bits per heavy atom. The summed E-state index contributed by atoms with van der Waals surface area (Å²) in [4.78, 5) is 14.4. The fourth-order valence-electron chi connectivity index (χ4n) is 3.05. The van der Waals surface area contributed by atoms with Crippen molar-refractivity contribution in [2.45, 2.75) is 38.3 Å². The van der Waals surface area contributed by atoms with Crippen molar-refractivity contribution in [2.24, 2.45) is 0 Å². The number of hydrogen-bond donors (Lipinski definition) is 2. The van der Waals surface area contributed by atoms with E-state index in [1.165, 1.54) is 11.1 Å². The second kappa shape index (κ2) is 6.16. The number of aryl methyl sites for hydroxylation is 1. The smallest absolute Gasteiger partial charge is 0.248 e. The maximum Gasteiger partial charge on any atom is 0.248 e. The van der Waals surface area contributed by atoms with Crippen LogP contribution in [0, 0.1) is 0 Å². The summed E-state index contributed by atoms with van der Waals surface area (Å²) in [6.07, 6.45) is 3.18. The van der Waals surface area contributed by atoms with E-state index in [0.29, 0.717) is 6.04 Å². The van der Waals surface area contributed by atoms with Crippen LogP contribution < -0.4 is 10.9 Å². The van der Waals surface area contributed by atoms with Gasteiger partial charge in [-0.25, -0.2) is 0 Å². The van der Waals surface area contributed by atoms with Crippen LogP contribution in [0.3, 0.4) is 0 Å². The van der Waals surface area contributed by atoms with E-state index in [1.54, 1.807) is 6.07 Å². The molecule has 2 aromatic rings. The van der Waals surface area contributed by atoms with Crippen molar-refractivity contribution in [2.75, 3.05) is 0 Å². The number of nitrogens with one attached hydrogen (secondary N) is 2. The number of H-pyrrole nitrogens is 1. The zero-order valence-corrected chi connectivity index (χ0v) is 13.6. The van der Waals surface area contributed by atoms with E-state index in [9.17, 15) is 4.79 Å². The van der Waals surface area contributed by atoms with Crippen molar-refractivity contribution >= 4 is 15.9 Å². The monoisotopic (exact) mass is 346 g/mol. The minimum absolute atomic E-state index is 0.00515. The fourth-order valence-corrected chi connectivity index (χ4v) is 3.46. The number of benzene rings is 1. The molecule has 0 radical (unpaired) electrons. The molecule has 0 spiro atoms. The summed E-state index contributed by atoms with van der Waals surface area (Å²) >= 11 is 3.52. The first-order valence-corrected chi connectivity index (χ1v) is 8.16. The lowest BCUT2D eigenvalue weighted by Gasteiger charge is -2.29. The molecule has 0 fully saturated rings. The molecule has 1 aromatic heterocycles. The molecule has 1 heterocycles. The molecule has 0 aliphatic heterocycles. The van der Waals surface area contributed by atoms with Crippen molar-refractivity contribution in [3.63, 3.8) is 0 Å². The standard InChI is InChI=1S/C17H19BrN2O/c1-11(12-4-2-5-13(18)10-12)19-15-6-3-7-16-14(15)8-9-17(21)20-16/h2,4-5,8-11,15,19H,3,6-7H2,1H3,(H,20,21). The number of pyridine rings is 1. The Bertz CT molecular complexity index is 695. The Morgan fingerprint density at radius 3 is 3.00 bits per heavy atom. The molecule has 21 heavy (non-hydrogen) atoms. The molecular formula is C17H19BrN2O. The van der Waals surface area contributed by atoms with Gasteiger partial charge in [0.1, 0.15) is 0 Å². The van der Waals surface area contributed by atoms with Crippen LogP contribution in [0.25, 0.3) is 0 Å². The molecule has 1 aliphatic carbocycles. The molecule has 3 rings (SSSR count). The summed E-state index contributed by atoms with van der Waals surface area (Å²) < 4.78 is 1.10. The third-order valence-corrected chi connectivity index (χ3v) is 4.62. The maximum absolute atomic E-state index is 11.4. The molecule has 110 valence electrons. The highest BCUT2D eigenvalue weighted by Crippen LogP contribution is 2.30. The summed E-state index contributed by atoms with van der Waals surface area (Å²) in [7, 11) is 0. The number of fused-ring (bicyclic) bond motifs is 1. The van der Waals surface area contributed by atoms with Gasteiger partial charge in [-0.05, 0) is 49.4 Å². The normalized spacial score (nSPS) is 19.0. The van der Waals surface area contributed by atoms with Crippen LogP contribution in [-0.4, -0.2) is 4.98 Å². The summed E-state index contributed by atoms with van der Waals surface area (Å²) in [5, 5.41) is 3.70. The van der Waals surface area contributed by atoms with Gasteiger partial charge in [-0.2, -0.15) is 0 Å². The zero-order chi connectivity index (χ0) is 14.8. The SMILES string of the molecule is CC(NC1CCCc2[nH]c(=O)ccc21)c1cccc(Br)c1. The highest BCUT2D eigenvalue weighted by atomic mass is 79.9. The Balaban J connectivity index is 1.82. The van der Waals surface area contributed by atoms with Crippen LogP contribution in [0.15, 0.2) is 45.7 Å². The Labute approximate surface area is 132 Å². The molecule has 2 unspecified atom stereocenters. The van der Waals surface area contributed by atoms with Gasteiger partial charge in [-0.15, -0.1) is 0 Å². The lowest BCUT2D eigenvalue weighted by molar-refractivity contribution is 0.411. The predicted octanol–water partition coefficient (Wildman–Crippen LogP) is 3.87. The fraction of sp³-hybridized carbons (Fsp3) is 0.353. The van der Waals surface area contributed by atoms with Crippen molar-refractivity contribution in [3.05, 3.63) is 68.0 Å². The van der Waals surface area contributed by atoms with E-state index in [-0.39, 0.29) is 11.6 Å². The van der Waals surface area contributed by atoms with E-state index < -0.39 is 0 Å². The Morgan fingerprint density at radius 1 is 1.33 bits per heavy atom. The zero-order valence-electron chi connectivity index (χ0n) is 12.0. The van der Waals surface area contributed by atoms with Gasteiger partial charge in [0.2, 0.25) is 5.56 Å². The van der Waals surface area contributed by atoms with Crippen LogP contribution in [0.5, 0.6) is 0 Å². The number of rotatable bonds is 3. The lowest BCUT2D eigenvalue weighted by Crippen LogP contribution is -2.29. The highest BCUT2D eigenvalue weighted by molar-refractivity contribution is 9.10. The average Bonchev–Trinajstić information content (AvgIpc) is 2.47. The largest absolute Gasteiger partial charge is 0.326 e. The van der Waals surface area contributed by atoms with E-state index >= 15 is 0 Å². The van der Waals surface area contributed by atoms with Gasteiger partial charge in [0.15, 0.2) is 0 Å². The van der Waals surface area contributed by atoms with Gasteiger partial charge in [-0.3, -0.25) is 4.79 Å². The third kappa shape index (κ3) is 3.27. The molecule has 0 saturated heterocycles. The number of aromatic nitrogens is 1. The Hall–Kier alpha value is -1.39. The summed E-state index contributed by atoms with van der Waals surface area (Å²) in [6, 6.07) is 12.6. The van der Waals surface area contributed by atoms with Crippen molar-refractivity contribution in [1.82, 2.24) is 10.3 Å². The van der Waals surface area contributed by atoms with Gasteiger partial charge >= 0.3 is 0 Å². The minimum Gasteiger partial charge on any atom is -0.326 e. The van der Waals surface area contributed by atoms with Crippen LogP contribution in [0.4, 0.5) is 0 Å². The van der Waals surface area contributed by atoms with Gasteiger partial charge in [0.25, 0.3) is 0 Å². The summed E-state index contributed by atoms with van der Waals surface area (Å²) in [5.41, 5.74) is 3.59. The van der Waals surface area contributed by atoms with Crippen LogP contribution >= 0.6 is 15.9 Å². The van der Waals surface area contributed by atoms with Crippen LogP contribution in [0.2, 0.25) is 0 Å². The lowest BCUT2D eigenvalue weighted by atomic mass is 9.90. The summed E-state index contributed by atoms with van der Waals surface area (Å²) in [6.45, 7) is 2.18. The number of halogens is 1. The molecule has 1 aromatic carbocycles. The van der Waals surface area contributed by atoms with Crippen LogP contribution in [0.1, 0.15) is 48.7 Å². The second-order valence-electron chi connectivity index (χ2n) is 5.64. The molecule has 2 atom stereocenters. The Kier molecular flexibility index (Phi) is 4.27. The average molecular weight is 347 g/mol. The molecule has 4 heteroatoms. The first-order chi connectivity index (χ1) is 10.1. The minimum atomic E-state index is -0.00515. The van der Waals surface area contributed by atoms with E-state index in [1.807, 2.05) is 12.1 Å². The molecule has 1 aliphatic rings. The maximum atomic E-state index is 11.4. The molecule has 0 amide bonds. The topological polar surface area (TPSA) is 44.9 Å². The third-order valence-electron chi connectivity index (χ3n) is 4.13. The predicted molar refractivity (Wildman–Crippen MR) is 88.4 cm³/mol. The van der Waals surface area contributed by atoms with Gasteiger partial charge < -0.3 is 10.3 Å². The van der Waals surface area contributed by atoms with Crippen molar-refractivity contribution in [1.29, 1.82) is 0 Å². The molecular weight excluding hydrogens is 328 g/mol. The first kappa shape index (κ1) is 14.5. The van der Waals surface area contributed by atoms with E-state index in [0.717, 1.165) is 29.4 Å². The quantitative estimate of drug-likeness (QED) is 0.885. The molecule has 3 nitrogen and oxygen atoms in total. The van der Waals surface area contributed by atoms with Gasteiger partial charge in [0.05, 0.1) is 0 Å². The summed E-state index contributed by atoms with van der Waals surface area (Å²) in [5.74, 6) is 0. The number of aromatic amines is 1. The number of hydrogen-bond acceptors (Lipinski definition) is 2.